The summed E-state index contributed by atoms with van der Waals surface area (Å²) >= 11 is 1.72. The number of benzene rings is 1. The Kier molecular flexibility index (Phi) is 2.49. The van der Waals surface area contributed by atoms with Crippen molar-refractivity contribution in [2.24, 2.45) is 4.99 Å². The van der Waals surface area contributed by atoms with Crippen LogP contribution in [0.25, 0.3) is 0 Å². The standard InChI is InChI=1S/C15H15FN2S/c16-12-4-1-3-11(9-12)15(5-2-6-15)13-10-19-14-17-7-8-18(13)14/h1,3-4,9-10H,2,5-8H2. The zero-order chi connectivity index (χ0) is 12.9. The molecule has 1 aromatic carbocycles. The number of hydrogen-bond donors (Lipinski definition) is 0. The van der Waals surface area contributed by atoms with Gasteiger partial charge < -0.3 is 4.90 Å². The molecule has 1 fully saturated rings. The molecule has 98 valence electrons. The summed E-state index contributed by atoms with van der Waals surface area (Å²) in [6, 6.07) is 7.12. The van der Waals surface area contributed by atoms with E-state index in [1.54, 1.807) is 17.8 Å². The van der Waals surface area contributed by atoms with Gasteiger partial charge in [0, 0.05) is 17.7 Å². The molecule has 4 heteroatoms. The Labute approximate surface area is 116 Å². The average molecular weight is 274 g/mol. The molecular weight excluding hydrogens is 259 g/mol. The highest BCUT2D eigenvalue weighted by molar-refractivity contribution is 8.16. The maximum Gasteiger partial charge on any atom is 0.167 e. The SMILES string of the molecule is Fc1cccc(C2(C3=CSC4=NCCN34)CCC2)c1. The minimum absolute atomic E-state index is 0.0245. The van der Waals surface area contributed by atoms with Crippen molar-refractivity contribution in [3.63, 3.8) is 0 Å². The van der Waals surface area contributed by atoms with Crippen molar-refractivity contribution < 1.29 is 4.39 Å². The van der Waals surface area contributed by atoms with Crippen LogP contribution in [0.1, 0.15) is 24.8 Å². The molecule has 2 heterocycles. The first-order chi connectivity index (χ1) is 9.29. The molecule has 19 heavy (non-hydrogen) atoms. The van der Waals surface area contributed by atoms with Crippen LogP contribution in [0.3, 0.4) is 0 Å². The lowest BCUT2D eigenvalue weighted by Gasteiger charge is -2.45. The largest absolute Gasteiger partial charge is 0.321 e. The van der Waals surface area contributed by atoms with Gasteiger partial charge in [-0.15, -0.1) is 0 Å². The van der Waals surface area contributed by atoms with Crippen molar-refractivity contribution in [3.05, 3.63) is 46.8 Å². The number of thioether (sulfide) groups is 1. The maximum absolute atomic E-state index is 13.6. The van der Waals surface area contributed by atoms with Gasteiger partial charge in [0.15, 0.2) is 5.17 Å². The van der Waals surface area contributed by atoms with E-state index in [9.17, 15) is 4.39 Å². The summed E-state index contributed by atoms with van der Waals surface area (Å²) in [4.78, 5) is 6.84. The van der Waals surface area contributed by atoms with Crippen molar-refractivity contribution in [3.8, 4) is 0 Å². The van der Waals surface area contributed by atoms with Crippen LogP contribution in [-0.4, -0.2) is 23.2 Å². The molecule has 1 aromatic rings. The van der Waals surface area contributed by atoms with Gasteiger partial charge in [-0.25, -0.2) is 4.39 Å². The summed E-state index contributed by atoms with van der Waals surface area (Å²) in [7, 11) is 0. The van der Waals surface area contributed by atoms with E-state index < -0.39 is 0 Å². The maximum atomic E-state index is 13.6. The second-order valence-electron chi connectivity index (χ2n) is 5.38. The van der Waals surface area contributed by atoms with Gasteiger partial charge in [-0.05, 0) is 35.9 Å². The van der Waals surface area contributed by atoms with E-state index in [-0.39, 0.29) is 11.2 Å². The summed E-state index contributed by atoms with van der Waals surface area (Å²) < 4.78 is 13.6. The Morgan fingerprint density at radius 3 is 2.95 bits per heavy atom. The van der Waals surface area contributed by atoms with Crippen molar-refractivity contribution in [1.29, 1.82) is 0 Å². The second kappa shape index (κ2) is 4.10. The first kappa shape index (κ1) is 11.5. The Morgan fingerprint density at radius 1 is 1.32 bits per heavy atom. The lowest BCUT2D eigenvalue weighted by atomic mass is 9.62. The number of aliphatic imine (C=N–C) groups is 1. The van der Waals surface area contributed by atoms with E-state index >= 15 is 0 Å². The van der Waals surface area contributed by atoms with E-state index in [0.717, 1.165) is 36.7 Å². The van der Waals surface area contributed by atoms with E-state index in [1.165, 1.54) is 18.2 Å². The molecule has 0 atom stereocenters. The first-order valence-corrected chi connectivity index (χ1v) is 7.63. The number of amidine groups is 1. The summed E-state index contributed by atoms with van der Waals surface area (Å²) in [5, 5.41) is 3.35. The molecule has 0 radical (unpaired) electrons. The Balaban J connectivity index is 1.77. The highest BCUT2D eigenvalue weighted by Crippen LogP contribution is 2.53. The molecule has 0 aromatic heterocycles. The van der Waals surface area contributed by atoms with Crippen LogP contribution in [0.5, 0.6) is 0 Å². The molecule has 2 aliphatic heterocycles. The van der Waals surface area contributed by atoms with Gasteiger partial charge in [0.2, 0.25) is 0 Å². The van der Waals surface area contributed by atoms with Gasteiger partial charge in [0.25, 0.3) is 0 Å². The predicted octanol–water partition coefficient (Wildman–Crippen LogP) is 3.51. The fraction of sp³-hybridized carbons (Fsp3) is 0.400. The zero-order valence-corrected chi connectivity index (χ0v) is 11.4. The quantitative estimate of drug-likeness (QED) is 0.820. The van der Waals surface area contributed by atoms with Crippen molar-refractivity contribution in [2.45, 2.75) is 24.7 Å². The number of fused-ring (bicyclic) bond motifs is 1. The minimum Gasteiger partial charge on any atom is -0.321 e. The van der Waals surface area contributed by atoms with Gasteiger partial charge in [-0.1, -0.05) is 30.3 Å². The van der Waals surface area contributed by atoms with Crippen LogP contribution in [-0.2, 0) is 5.41 Å². The molecule has 4 rings (SSSR count). The summed E-state index contributed by atoms with van der Waals surface area (Å²) in [5.41, 5.74) is 2.49. The molecule has 0 spiro atoms. The fourth-order valence-electron chi connectivity index (χ4n) is 3.30. The monoisotopic (exact) mass is 274 g/mol. The minimum atomic E-state index is -0.134. The van der Waals surface area contributed by atoms with Crippen LogP contribution >= 0.6 is 11.8 Å². The van der Waals surface area contributed by atoms with Gasteiger partial charge >= 0.3 is 0 Å². The normalized spacial score (nSPS) is 23.7. The van der Waals surface area contributed by atoms with Gasteiger partial charge in [-0.3, -0.25) is 4.99 Å². The van der Waals surface area contributed by atoms with E-state index in [2.05, 4.69) is 21.4 Å². The molecule has 2 nitrogen and oxygen atoms in total. The van der Waals surface area contributed by atoms with Crippen LogP contribution in [0.4, 0.5) is 4.39 Å². The topological polar surface area (TPSA) is 15.6 Å². The lowest BCUT2D eigenvalue weighted by Crippen LogP contribution is -2.42. The van der Waals surface area contributed by atoms with Gasteiger partial charge in [0.05, 0.1) is 6.54 Å². The summed E-state index contributed by atoms with van der Waals surface area (Å²) in [6.45, 7) is 1.87. The molecule has 0 bridgehead atoms. The number of hydrogen-bond acceptors (Lipinski definition) is 3. The smallest absolute Gasteiger partial charge is 0.167 e. The summed E-state index contributed by atoms with van der Waals surface area (Å²) in [6.07, 6.45) is 3.46. The number of allylic oxidation sites excluding steroid dienone is 1. The lowest BCUT2D eigenvalue weighted by molar-refractivity contribution is 0.252. The highest BCUT2D eigenvalue weighted by atomic mass is 32.2. The van der Waals surface area contributed by atoms with Crippen molar-refractivity contribution in [2.75, 3.05) is 13.1 Å². The van der Waals surface area contributed by atoms with Crippen molar-refractivity contribution >= 4 is 16.9 Å². The third kappa shape index (κ3) is 1.59. The van der Waals surface area contributed by atoms with Gasteiger partial charge in [0.1, 0.15) is 5.82 Å². The highest BCUT2D eigenvalue weighted by Gasteiger charge is 2.47. The molecule has 1 saturated carbocycles. The Hall–Kier alpha value is -1.29. The van der Waals surface area contributed by atoms with Crippen LogP contribution in [0, 0.1) is 5.82 Å². The van der Waals surface area contributed by atoms with Crippen LogP contribution < -0.4 is 0 Å². The first-order valence-electron chi connectivity index (χ1n) is 6.75. The summed E-state index contributed by atoms with van der Waals surface area (Å²) in [5.74, 6) is -0.134. The fourth-order valence-corrected chi connectivity index (χ4v) is 4.36. The molecule has 0 amide bonds. The van der Waals surface area contributed by atoms with Crippen molar-refractivity contribution in [1.82, 2.24) is 4.90 Å². The predicted molar refractivity (Wildman–Crippen MR) is 76.6 cm³/mol. The molecule has 0 N–H and O–H groups in total. The average Bonchev–Trinajstić information content (AvgIpc) is 2.92. The molecular formula is C15H15FN2S. The third-order valence-electron chi connectivity index (χ3n) is 4.44. The zero-order valence-electron chi connectivity index (χ0n) is 10.6. The number of nitrogens with zero attached hydrogens (tertiary/aromatic N) is 2. The van der Waals surface area contributed by atoms with E-state index in [4.69, 9.17) is 0 Å². The number of halogens is 1. The molecule has 0 saturated heterocycles. The molecule has 3 aliphatic rings. The Morgan fingerprint density at radius 2 is 2.21 bits per heavy atom. The van der Waals surface area contributed by atoms with Gasteiger partial charge in [-0.2, -0.15) is 0 Å². The van der Waals surface area contributed by atoms with Crippen LogP contribution in [0.15, 0.2) is 40.4 Å². The third-order valence-corrected chi connectivity index (χ3v) is 5.34. The van der Waals surface area contributed by atoms with E-state index in [0.29, 0.717) is 0 Å². The van der Waals surface area contributed by atoms with Crippen LogP contribution in [0.2, 0.25) is 0 Å². The molecule has 0 unspecified atom stereocenters. The second-order valence-corrected chi connectivity index (χ2v) is 6.22. The Bertz CT molecular complexity index is 590. The van der Waals surface area contributed by atoms with E-state index in [1.807, 2.05) is 6.07 Å². The number of rotatable bonds is 2. The molecule has 1 aliphatic carbocycles.